The topological polar surface area (TPSA) is 59.2 Å². The minimum absolute atomic E-state index is 0.236. The van der Waals surface area contributed by atoms with E-state index in [0.717, 1.165) is 43.7 Å². The van der Waals surface area contributed by atoms with Gasteiger partial charge in [-0.05, 0) is 36.5 Å². The van der Waals surface area contributed by atoms with E-state index in [1.807, 2.05) is 53.4 Å². The smallest absolute Gasteiger partial charge is 0.257 e. The highest BCUT2D eigenvalue weighted by molar-refractivity contribution is 5.76. The predicted octanol–water partition coefficient (Wildman–Crippen LogP) is 3.76. The van der Waals surface area contributed by atoms with Gasteiger partial charge >= 0.3 is 0 Å². The summed E-state index contributed by atoms with van der Waals surface area (Å²) in [6, 6.07) is 20.0. The number of amides is 1. The fraction of sp³-hybridized carbons (Fsp3) is 0.318. The van der Waals surface area contributed by atoms with Crippen LogP contribution in [0.3, 0.4) is 0 Å². The molecule has 1 fully saturated rings. The Hall–Kier alpha value is -2.95. The molecule has 1 aliphatic rings. The molecule has 0 radical (unpaired) electrons. The quantitative estimate of drug-likeness (QED) is 0.671. The number of hydrogen-bond acceptors (Lipinski definition) is 4. The fourth-order valence-corrected chi connectivity index (χ4v) is 3.57. The van der Waals surface area contributed by atoms with Gasteiger partial charge in [0.25, 0.3) is 5.89 Å². The number of aromatic nitrogens is 2. The van der Waals surface area contributed by atoms with Gasteiger partial charge in [0.15, 0.2) is 5.82 Å². The van der Waals surface area contributed by atoms with Crippen LogP contribution in [0.15, 0.2) is 65.2 Å². The maximum absolute atomic E-state index is 12.5. The van der Waals surface area contributed by atoms with Gasteiger partial charge in [0, 0.05) is 31.5 Å². The maximum Gasteiger partial charge on any atom is 0.257 e. The Morgan fingerprint density at radius 2 is 1.81 bits per heavy atom. The second-order valence-electron chi connectivity index (χ2n) is 7.07. The molecule has 0 aliphatic carbocycles. The highest BCUT2D eigenvalue weighted by Crippen LogP contribution is 2.23. The van der Waals surface area contributed by atoms with Gasteiger partial charge in [-0.3, -0.25) is 4.79 Å². The van der Waals surface area contributed by atoms with Crippen molar-refractivity contribution in [1.82, 2.24) is 15.0 Å². The zero-order valence-corrected chi connectivity index (χ0v) is 15.3. The van der Waals surface area contributed by atoms with E-state index in [2.05, 4.69) is 22.3 Å². The molecule has 0 spiro atoms. The van der Waals surface area contributed by atoms with Crippen molar-refractivity contribution in [1.29, 1.82) is 0 Å². The molecule has 1 atom stereocenters. The van der Waals surface area contributed by atoms with Crippen molar-refractivity contribution in [2.75, 3.05) is 13.1 Å². The van der Waals surface area contributed by atoms with Gasteiger partial charge in [-0.25, -0.2) is 0 Å². The Labute approximate surface area is 159 Å². The van der Waals surface area contributed by atoms with Crippen molar-refractivity contribution >= 4 is 5.91 Å². The third-order valence-corrected chi connectivity index (χ3v) is 5.07. The van der Waals surface area contributed by atoms with Crippen molar-refractivity contribution in [2.45, 2.75) is 25.7 Å². The number of nitrogens with zero attached hydrogens (tertiary/aromatic N) is 3. The average Bonchev–Trinajstić information content (AvgIpc) is 3.38. The van der Waals surface area contributed by atoms with Gasteiger partial charge in [0.1, 0.15) is 0 Å². The summed E-state index contributed by atoms with van der Waals surface area (Å²) >= 11 is 0. The van der Waals surface area contributed by atoms with Crippen LogP contribution in [0.1, 0.15) is 24.2 Å². The lowest BCUT2D eigenvalue weighted by Gasteiger charge is -2.16. The molecule has 2 heterocycles. The highest BCUT2D eigenvalue weighted by atomic mass is 16.5. The van der Waals surface area contributed by atoms with Crippen LogP contribution in [-0.4, -0.2) is 34.0 Å². The van der Waals surface area contributed by atoms with Crippen LogP contribution in [0, 0.1) is 5.92 Å². The van der Waals surface area contributed by atoms with E-state index in [0.29, 0.717) is 18.2 Å². The molecule has 4 rings (SSSR count). The van der Waals surface area contributed by atoms with E-state index >= 15 is 0 Å². The van der Waals surface area contributed by atoms with Crippen LogP contribution < -0.4 is 0 Å². The van der Waals surface area contributed by atoms with E-state index in [1.165, 1.54) is 5.56 Å². The molecular weight excluding hydrogens is 338 g/mol. The summed E-state index contributed by atoms with van der Waals surface area (Å²) in [7, 11) is 0. The summed E-state index contributed by atoms with van der Waals surface area (Å²) in [4.78, 5) is 19.0. The first-order chi connectivity index (χ1) is 13.3. The number of carbonyl (C=O) groups is 1. The summed E-state index contributed by atoms with van der Waals surface area (Å²) in [5, 5.41) is 4.11. The summed E-state index contributed by atoms with van der Waals surface area (Å²) < 4.78 is 5.38. The molecule has 0 N–H and O–H groups in total. The molecule has 1 amide bonds. The Bertz CT molecular complexity index is 877. The molecule has 138 valence electrons. The zero-order chi connectivity index (χ0) is 18.5. The molecule has 27 heavy (non-hydrogen) atoms. The minimum Gasteiger partial charge on any atom is -0.342 e. The van der Waals surface area contributed by atoms with Gasteiger partial charge in [-0.1, -0.05) is 53.7 Å². The lowest BCUT2D eigenvalue weighted by molar-refractivity contribution is -0.130. The third-order valence-electron chi connectivity index (χ3n) is 5.07. The lowest BCUT2D eigenvalue weighted by Crippen LogP contribution is -2.29. The standard InChI is InChI=1S/C22H23N3O2/c26-21(12-11-17-7-3-1-4-8-17)25-14-13-18(16-25)15-20-23-22(27-24-20)19-9-5-2-6-10-19/h1-10,18H,11-16H2. The van der Waals surface area contributed by atoms with Crippen molar-refractivity contribution in [3.05, 3.63) is 72.1 Å². The van der Waals surface area contributed by atoms with Gasteiger partial charge in [0.2, 0.25) is 5.91 Å². The summed E-state index contributed by atoms with van der Waals surface area (Å²) in [6.07, 6.45) is 3.11. The average molecular weight is 361 g/mol. The SMILES string of the molecule is O=C(CCc1ccccc1)N1CCC(Cc2noc(-c3ccccc3)n2)C1. The molecule has 1 saturated heterocycles. The largest absolute Gasteiger partial charge is 0.342 e. The van der Waals surface area contributed by atoms with Crippen LogP contribution >= 0.6 is 0 Å². The normalized spacial score (nSPS) is 16.6. The molecule has 0 saturated carbocycles. The van der Waals surface area contributed by atoms with Crippen LogP contribution in [0.4, 0.5) is 0 Å². The first-order valence-electron chi connectivity index (χ1n) is 9.47. The van der Waals surface area contributed by atoms with Crippen LogP contribution in [0.5, 0.6) is 0 Å². The number of likely N-dealkylation sites (tertiary alicyclic amines) is 1. The molecule has 3 aromatic rings. The number of aryl methyl sites for hydroxylation is 1. The monoisotopic (exact) mass is 361 g/mol. The second kappa shape index (κ2) is 8.16. The van der Waals surface area contributed by atoms with Gasteiger partial charge in [0.05, 0.1) is 0 Å². The van der Waals surface area contributed by atoms with Crippen LogP contribution in [-0.2, 0) is 17.6 Å². The predicted molar refractivity (Wildman–Crippen MR) is 103 cm³/mol. The summed E-state index contributed by atoms with van der Waals surface area (Å²) in [6.45, 7) is 1.60. The van der Waals surface area contributed by atoms with Crippen molar-refractivity contribution in [3.63, 3.8) is 0 Å². The van der Waals surface area contributed by atoms with Crippen molar-refractivity contribution in [2.24, 2.45) is 5.92 Å². The fourth-order valence-electron chi connectivity index (χ4n) is 3.57. The summed E-state index contributed by atoms with van der Waals surface area (Å²) in [5.74, 6) is 1.91. The van der Waals surface area contributed by atoms with Gasteiger partial charge in [-0.2, -0.15) is 4.98 Å². The number of hydrogen-bond donors (Lipinski definition) is 0. The number of carbonyl (C=O) groups excluding carboxylic acids is 1. The van der Waals surface area contributed by atoms with E-state index in [9.17, 15) is 4.79 Å². The first-order valence-corrected chi connectivity index (χ1v) is 9.47. The van der Waals surface area contributed by atoms with E-state index in [4.69, 9.17) is 4.52 Å². The Morgan fingerprint density at radius 1 is 1.07 bits per heavy atom. The van der Waals surface area contributed by atoms with E-state index < -0.39 is 0 Å². The zero-order valence-electron chi connectivity index (χ0n) is 15.3. The van der Waals surface area contributed by atoms with E-state index in [-0.39, 0.29) is 5.91 Å². The number of benzene rings is 2. The maximum atomic E-state index is 12.5. The number of rotatable bonds is 6. The molecule has 1 aromatic heterocycles. The minimum atomic E-state index is 0.236. The third kappa shape index (κ3) is 4.42. The van der Waals surface area contributed by atoms with Gasteiger partial charge in [-0.15, -0.1) is 0 Å². The Kier molecular flexibility index (Phi) is 5.28. The van der Waals surface area contributed by atoms with Crippen molar-refractivity contribution < 1.29 is 9.32 Å². The first kappa shape index (κ1) is 17.5. The van der Waals surface area contributed by atoms with Crippen LogP contribution in [0.2, 0.25) is 0 Å². The highest BCUT2D eigenvalue weighted by Gasteiger charge is 2.27. The molecule has 1 unspecified atom stereocenters. The Morgan fingerprint density at radius 3 is 2.59 bits per heavy atom. The molecule has 5 heteroatoms. The summed E-state index contributed by atoms with van der Waals surface area (Å²) in [5.41, 5.74) is 2.14. The van der Waals surface area contributed by atoms with Crippen LogP contribution in [0.25, 0.3) is 11.5 Å². The van der Waals surface area contributed by atoms with Crippen molar-refractivity contribution in [3.8, 4) is 11.5 Å². The molecule has 2 aromatic carbocycles. The van der Waals surface area contributed by atoms with Gasteiger partial charge < -0.3 is 9.42 Å². The lowest BCUT2D eigenvalue weighted by atomic mass is 10.0. The molecule has 0 bridgehead atoms. The molecule has 5 nitrogen and oxygen atoms in total. The second-order valence-corrected chi connectivity index (χ2v) is 7.07. The molecule has 1 aliphatic heterocycles. The molecular formula is C22H23N3O2. The Balaban J connectivity index is 1.28. The van der Waals surface area contributed by atoms with E-state index in [1.54, 1.807) is 0 Å².